The van der Waals surface area contributed by atoms with Crippen LogP contribution in [-0.2, 0) is 17.8 Å². The Balaban J connectivity index is 1.82. The van der Waals surface area contributed by atoms with Crippen molar-refractivity contribution >= 4 is 11.8 Å². The molecule has 24 heavy (non-hydrogen) atoms. The number of nitrogens with zero attached hydrogens (tertiary/aromatic N) is 2. The normalized spacial score (nSPS) is 13.9. The summed E-state index contributed by atoms with van der Waals surface area (Å²) in [6.07, 6.45) is 6.07. The molecule has 1 aliphatic heterocycles. The first kappa shape index (κ1) is 15.7. The Bertz CT molecular complexity index is 793. The first-order valence-corrected chi connectivity index (χ1v) is 7.75. The van der Waals surface area contributed by atoms with E-state index in [2.05, 4.69) is 4.99 Å². The number of carbonyl (C=O) groups is 1. The number of aliphatic imine (C=N–C) groups is 1. The molecule has 0 saturated carbocycles. The maximum Gasteiger partial charge on any atom is 0.372 e. The Morgan fingerprint density at radius 2 is 1.58 bits per heavy atom. The quantitative estimate of drug-likeness (QED) is 0.916. The van der Waals surface area contributed by atoms with Crippen LogP contribution in [0.25, 0.3) is 0 Å². The van der Waals surface area contributed by atoms with Gasteiger partial charge in [-0.2, -0.15) is 0 Å². The highest BCUT2D eigenvalue weighted by atomic mass is 16.4. The van der Waals surface area contributed by atoms with Crippen molar-refractivity contribution in [1.82, 2.24) is 4.90 Å². The lowest BCUT2D eigenvalue weighted by atomic mass is 10.1. The van der Waals surface area contributed by atoms with Crippen molar-refractivity contribution < 1.29 is 9.90 Å². The summed E-state index contributed by atoms with van der Waals surface area (Å²) in [5.41, 5.74) is 3.16. The molecule has 0 spiro atoms. The molecule has 0 saturated heterocycles. The van der Waals surface area contributed by atoms with Gasteiger partial charge in [0, 0.05) is 18.9 Å². The minimum Gasteiger partial charge on any atom is -0.475 e. The molecule has 0 atom stereocenters. The van der Waals surface area contributed by atoms with E-state index in [1.165, 1.54) is 0 Å². The minimum absolute atomic E-state index is 0.0261. The molecule has 1 heterocycles. The van der Waals surface area contributed by atoms with E-state index in [0.717, 1.165) is 16.7 Å². The van der Waals surface area contributed by atoms with Gasteiger partial charge in [-0.1, -0.05) is 60.7 Å². The van der Waals surface area contributed by atoms with E-state index < -0.39 is 5.97 Å². The van der Waals surface area contributed by atoms with E-state index in [1.54, 1.807) is 17.3 Å². The van der Waals surface area contributed by atoms with Crippen LogP contribution in [-0.4, -0.2) is 21.8 Å². The van der Waals surface area contributed by atoms with Gasteiger partial charge in [0.2, 0.25) is 5.84 Å². The molecule has 0 fully saturated rings. The average Bonchev–Trinajstić information content (AvgIpc) is 2.79. The van der Waals surface area contributed by atoms with Gasteiger partial charge in [0.15, 0.2) is 0 Å². The number of benzene rings is 2. The standard InChI is InChI=1S/C20H18N2O2/c23-20(24)19-21-14-18(13-16-7-3-1-4-8-16)11-12-22(19)15-17-9-5-2-6-10-17/h1-12,14H,13,15H2,(H,23,24). The number of amidine groups is 1. The number of carboxylic acid groups (broad SMARTS) is 1. The lowest BCUT2D eigenvalue weighted by molar-refractivity contribution is -0.130. The molecule has 120 valence electrons. The highest BCUT2D eigenvalue weighted by Gasteiger charge is 2.18. The van der Waals surface area contributed by atoms with Crippen LogP contribution in [0.1, 0.15) is 11.1 Å². The number of hydrogen-bond acceptors (Lipinski definition) is 3. The first-order valence-electron chi connectivity index (χ1n) is 7.75. The van der Waals surface area contributed by atoms with Gasteiger partial charge in [-0.3, -0.25) is 0 Å². The van der Waals surface area contributed by atoms with Gasteiger partial charge >= 0.3 is 5.97 Å². The largest absolute Gasteiger partial charge is 0.475 e. The Morgan fingerprint density at radius 3 is 2.21 bits per heavy atom. The molecule has 2 aromatic rings. The monoisotopic (exact) mass is 318 g/mol. The summed E-state index contributed by atoms with van der Waals surface area (Å²) < 4.78 is 0. The van der Waals surface area contributed by atoms with Gasteiger partial charge in [-0.25, -0.2) is 9.79 Å². The first-order chi connectivity index (χ1) is 11.7. The van der Waals surface area contributed by atoms with Crippen LogP contribution in [0.4, 0.5) is 0 Å². The molecular weight excluding hydrogens is 300 g/mol. The van der Waals surface area contributed by atoms with Crippen molar-refractivity contribution in [3.63, 3.8) is 0 Å². The molecule has 0 aromatic heterocycles. The van der Waals surface area contributed by atoms with Crippen molar-refractivity contribution in [2.45, 2.75) is 13.0 Å². The van der Waals surface area contributed by atoms with Gasteiger partial charge < -0.3 is 10.0 Å². The van der Waals surface area contributed by atoms with E-state index in [4.69, 9.17) is 0 Å². The minimum atomic E-state index is -1.03. The number of rotatable bonds is 5. The second kappa shape index (κ2) is 7.42. The zero-order valence-electron chi connectivity index (χ0n) is 13.2. The number of carboxylic acids is 1. The van der Waals surface area contributed by atoms with Gasteiger partial charge in [0.25, 0.3) is 0 Å². The summed E-state index contributed by atoms with van der Waals surface area (Å²) in [5.74, 6) is -1.01. The number of aliphatic carboxylic acids is 1. The number of hydrogen-bond donors (Lipinski definition) is 1. The molecule has 1 N–H and O–H groups in total. The predicted octanol–water partition coefficient (Wildman–Crippen LogP) is 3.63. The molecule has 0 unspecified atom stereocenters. The van der Waals surface area contributed by atoms with Gasteiger partial charge in [0.05, 0.1) is 0 Å². The third kappa shape index (κ3) is 3.98. The summed E-state index contributed by atoms with van der Waals surface area (Å²) in [6.45, 7) is 0.467. The SMILES string of the molecule is O=C(O)C1=NC=C(Cc2ccccc2)C=CN1Cc1ccccc1. The fourth-order valence-corrected chi connectivity index (χ4v) is 2.54. The fourth-order valence-electron chi connectivity index (χ4n) is 2.54. The van der Waals surface area contributed by atoms with E-state index in [-0.39, 0.29) is 5.84 Å². The summed E-state index contributed by atoms with van der Waals surface area (Å²) in [6, 6.07) is 19.8. The molecule has 0 amide bonds. The molecule has 0 radical (unpaired) electrons. The van der Waals surface area contributed by atoms with Crippen molar-refractivity contribution in [3.8, 4) is 0 Å². The topological polar surface area (TPSA) is 52.9 Å². The van der Waals surface area contributed by atoms with Crippen molar-refractivity contribution in [2.75, 3.05) is 0 Å². The maximum atomic E-state index is 11.5. The van der Waals surface area contributed by atoms with E-state index >= 15 is 0 Å². The van der Waals surface area contributed by atoms with Crippen LogP contribution in [0.3, 0.4) is 0 Å². The summed E-state index contributed by atoms with van der Waals surface area (Å²) in [4.78, 5) is 17.4. The van der Waals surface area contributed by atoms with Crippen LogP contribution in [0, 0.1) is 0 Å². The van der Waals surface area contributed by atoms with Crippen LogP contribution >= 0.6 is 0 Å². The van der Waals surface area contributed by atoms with Crippen LogP contribution in [0.2, 0.25) is 0 Å². The zero-order valence-corrected chi connectivity index (χ0v) is 13.2. The van der Waals surface area contributed by atoms with Crippen molar-refractivity contribution in [3.05, 3.63) is 95.8 Å². The fraction of sp³-hybridized carbons (Fsp3) is 0.100. The third-order valence-electron chi connectivity index (χ3n) is 3.73. The highest BCUT2D eigenvalue weighted by molar-refractivity contribution is 6.34. The second-order valence-corrected chi connectivity index (χ2v) is 5.55. The van der Waals surface area contributed by atoms with E-state index in [0.29, 0.717) is 13.0 Å². The smallest absolute Gasteiger partial charge is 0.372 e. The predicted molar refractivity (Wildman–Crippen MR) is 94.4 cm³/mol. The molecule has 4 nitrogen and oxygen atoms in total. The maximum absolute atomic E-state index is 11.5. The van der Waals surface area contributed by atoms with Gasteiger partial charge in [0.1, 0.15) is 0 Å². The van der Waals surface area contributed by atoms with Crippen molar-refractivity contribution in [2.24, 2.45) is 4.99 Å². The number of allylic oxidation sites excluding steroid dienone is 2. The Labute approximate surface area is 141 Å². The third-order valence-corrected chi connectivity index (χ3v) is 3.73. The summed E-state index contributed by atoms with van der Waals surface area (Å²) in [5, 5.41) is 9.45. The zero-order chi connectivity index (χ0) is 16.8. The van der Waals surface area contributed by atoms with E-state index in [1.807, 2.05) is 66.7 Å². The Morgan fingerprint density at radius 1 is 0.958 bits per heavy atom. The lowest BCUT2D eigenvalue weighted by Gasteiger charge is -2.18. The molecule has 0 aliphatic carbocycles. The molecular formula is C20H18N2O2. The van der Waals surface area contributed by atoms with Crippen LogP contribution in [0.5, 0.6) is 0 Å². The van der Waals surface area contributed by atoms with Gasteiger partial charge in [-0.05, 0) is 29.2 Å². The molecule has 4 heteroatoms. The van der Waals surface area contributed by atoms with Crippen LogP contribution in [0.15, 0.2) is 89.7 Å². The Hall–Kier alpha value is -3.14. The molecule has 3 rings (SSSR count). The van der Waals surface area contributed by atoms with Crippen molar-refractivity contribution in [1.29, 1.82) is 0 Å². The lowest BCUT2D eigenvalue weighted by Crippen LogP contribution is -2.31. The van der Waals surface area contributed by atoms with Crippen LogP contribution < -0.4 is 0 Å². The average molecular weight is 318 g/mol. The molecule has 0 bridgehead atoms. The molecule has 1 aliphatic rings. The second-order valence-electron chi connectivity index (χ2n) is 5.55. The summed E-state index contributed by atoms with van der Waals surface area (Å²) >= 11 is 0. The summed E-state index contributed by atoms with van der Waals surface area (Å²) in [7, 11) is 0. The van der Waals surface area contributed by atoms with Gasteiger partial charge in [-0.15, -0.1) is 0 Å². The van der Waals surface area contributed by atoms with E-state index in [9.17, 15) is 9.90 Å². The molecule has 2 aromatic carbocycles. The Kier molecular flexibility index (Phi) is 4.87. The highest BCUT2D eigenvalue weighted by Crippen LogP contribution is 2.15.